The van der Waals surface area contributed by atoms with Gasteiger partial charge < -0.3 is 11.1 Å². The van der Waals surface area contributed by atoms with Crippen molar-refractivity contribution in [1.82, 2.24) is 20.3 Å². The van der Waals surface area contributed by atoms with Gasteiger partial charge >= 0.3 is 0 Å². The molecule has 3 heterocycles. The van der Waals surface area contributed by atoms with Crippen LogP contribution in [-0.4, -0.2) is 20.9 Å². The van der Waals surface area contributed by atoms with E-state index in [1.165, 1.54) is 12.3 Å². The molecule has 0 atom stereocenters. The highest BCUT2D eigenvalue weighted by atomic mass is 19.1. The fourth-order valence-corrected chi connectivity index (χ4v) is 4.06. The highest BCUT2D eigenvalue weighted by molar-refractivity contribution is 5.95. The van der Waals surface area contributed by atoms with Gasteiger partial charge in [-0.1, -0.05) is 6.07 Å². The van der Waals surface area contributed by atoms with E-state index in [0.717, 1.165) is 44.1 Å². The quantitative estimate of drug-likeness (QED) is 0.403. The summed E-state index contributed by atoms with van der Waals surface area (Å²) < 4.78 is 13.5. The average molecular weight is 452 g/mol. The molecule has 0 radical (unpaired) electrons. The molecule has 5 aromatic rings. The van der Waals surface area contributed by atoms with E-state index in [1.807, 2.05) is 43.3 Å². The summed E-state index contributed by atoms with van der Waals surface area (Å²) in [5.41, 5.74) is 11.0. The first kappa shape index (κ1) is 21.5. The van der Waals surface area contributed by atoms with Crippen LogP contribution in [0.1, 0.15) is 32.7 Å². The smallest absolute Gasteiger partial charge is 0.251 e. The molecule has 0 saturated heterocycles. The molecule has 0 spiro atoms. The monoisotopic (exact) mass is 451 g/mol. The zero-order valence-corrected chi connectivity index (χ0v) is 18.5. The van der Waals surface area contributed by atoms with Crippen LogP contribution >= 0.6 is 0 Å². The van der Waals surface area contributed by atoms with Crippen LogP contribution in [0.2, 0.25) is 0 Å². The average Bonchev–Trinajstić information content (AvgIpc) is 2.83. The van der Waals surface area contributed by atoms with Crippen molar-refractivity contribution in [2.75, 3.05) is 5.73 Å². The number of pyridine rings is 3. The number of nitrogens with one attached hydrogen (secondary N) is 1. The Morgan fingerprint density at radius 1 is 0.971 bits per heavy atom. The van der Waals surface area contributed by atoms with Crippen LogP contribution in [0.4, 0.5) is 10.2 Å². The Morgan fingerprint density at radius 3 is 2.71 bits per heavy atom. The summed E-state index contributed by atoms with van der Waals surface area (Å²) in [6.07, 6.45) is 5.03. The largest absolute Gasteiger partial charge is 0.383 e. The first-order valence-corrected chi connectivity index (χ1v) is 10.9. The second kappa shape index (κ2) is 8.86. The summed E-state index contributed by atoms with van der Waals surface area (Å²) in [6, 6.07) is 16.5. The molecule has 0 unspecified atom stereocenters. The van der Waals surface area contributed by atoms with Gasteiger partial charge in [0.15, 0.2) is 0 Å². The van der Waals surface area contributed by atoms with Gasteiger partial charge in [-0.3, -0.25) is 14.8 Å². The zero-order valence-electron chi connectivity index (χ0n) is 18.5. The van der Waals surface area contributed by atoms with Gasteiger partial charge in [0, 0.05) is 47.4 Å². The minimum absolute atomic E-state index is 0.179. The molecule has 0 aliphatic rings. The van der Waals surface area contributed by atoms with Gasteiger partial charge in [-0.05, 0) is 77.5 Å². The maximum atomic E-state index is 13.5. The fraction of sp³-hybridized carbons (Fsp3) is 0.111. The van der Waals surface area contributed by atoms with Gasteiger partial charge in [-0.15, -0.1) is 0 Å². The van der Waals surface area contributed by atoms with Gasteiger partial charge in [0.25, 0.3) is 5.91 Å². The third kappa shape index (κ3) is 4.41. The van der Waals surface area contributed by atoms with Gasteiger partial charge in [0.2, 0.25) is 0 Å². The molecule has 2 aromatic carbocycles. The Kier molecular flexibility index (Phi) is 5.59. The van der Waals surface area contributed by atoms with Gasteiger partial charge in [-0.2, -0.15) is 0 Å². The van der Waals surface area contributed by atoms with E-state index < -0.39 is 0 Å². The van der Waals surface area contributed by atoms with Crippen molar-refractivity contribution >= 4 is 33.4 Å². The van der Waals surface area contributed by atoms with Crippen molar-refractivity contribution in [3.05, 3.63) is 107 Å². The molecule has 168 valence electrons. The van der Waals surface area contributed by atoms with Crippen molar-refractivity contribution in [3.63, 3.8) is 0 Å². The Morgan fingerprint density at radius 2 is 1.82 bits per heavy atom. The van der Waals surface area contributed by atoms with Gasteiger partial charge in [0.05, 0.1) is 11.7 Å². The van der Waals surface area contributed by atoms with Crippen LogP contribution in [0.25, 0.3) is 21.7 Å². The normalized spacial score (nSPS) is 11.1. The lowest BCUT2D eigenvalue weighted by atomic mass is 10.0. The Bertz CT molecular complexity index is 1550. The molecule has 3 N–H and O–H groups in total. The molecule has 7 heteroatoms. The maximum Gasteiger partial charge on any atom is 0.251 e. The van der Waals surface area contributed by atoms with Crippen molar-refractivity contribution in [2.45, 2.75) is 19.9 Å². The molecule has 0 aliphatic carbocycles. The number of benzene rings is 2. The summed E-state index contributed by atoms with van der Waals surface area (Å²) in [6.45, 7) is 2.38. The number of hydrogen-bond donors (Lipinski definition) is 2. The highest BCUT2D eigenvalue weighted by Gasteiger charge is 2.10. The first-order valence-electron chi connectivity index (χ1n) is 10.9. The Balaban J connectivity index is 1.31. The minimum atomic E-state index is -0.372. The first-order chi connectivity index (χ1) is 16.5. The van der Waals surface area contributed by atoms with Crippen LogP contribution in [0.3, 0.4) is 0 Å². The number of fused-ring (bicyclic) bond motifs is 2. The number of carbonyl (C=O) groups excluding carboxylic acids is 1. The van der Waals surface area contributed by atoms with E-state index >= 15 is 0 Å². The number of aromatic nitrogens is 3. The maximum absolute atomic E-state index is 13.5. The summed E-state index contributed by atoms with van der Waals surface area (Å²) in [4.78, 5) is 25.5. The number of aryl methyl sites for hydroxylation is 1. The second-order valence-electron chi connectivity index (χ2n) is 8.27. The van der Waals surface area contributed by atoms with E-state index in [0.29, 0.717) is 24.3 Å². The number of carbonyl (C=O) groups is 1. The number of halogens is 1. The molecule has 34 heavy (non-hydrogen) atoms. The lowest BCUT2D eigenvalue weighted by molar-refractivity contribution is 0.0950. The summed E-state index contributed by atoms with van der Waals surface area (Å²) in [5, 5.41) is 5.61. The molecule has 0 aliphatic heterocycles. The predicted octanol–water partition coefficient (Wildman–Crippen LogP) is 4.73. The van der Waals surface area contributed by atoms with Crippen LogP contribution in [0.5, 0.6) is 0 Å². The SMILES string of the molecule is Cc1cc2c(N)nccc2cc1CNC(=O)c1ccnc(Cc2ccc3ncc(F)cc3c2)c1. The van der Waals surface area contributed by atoms with Crippen LogP contribution in [0.15, 0.2) is 73.2 Å². The van der Waals surface area contributed by atoms with Crippen LogP contribution < -0.4 is 11.1 Å². The molecular weight excluding hydrogens is 429 g/mol. The molecule has 0 fully saturated rings. The zero-order chi connectivity index (χ0) is 23.7. The van der Waals surface area contributed by atoms with Crippen LogP contribution in [0, 0.1) is 12.7 Å². The van der Waals surface area contributed by atoms with Crippen molar-refractivity contribution < 1.29 is 9.18 Å². The second-order valence-corrected chi connectivity index (χ2v) is 8.27. The molecule has 1 amide bonds. The topological polar surface area (TPSA) is 93.8 Å². The predicted molar refractivity (Wildman–Crippen MR) is 131 cm³/mol. The highest BCUT2D eigenvalue weighted by Crippen LogP contribution is 2.23. The summed E-state index contributed by atoms with van der Waals surface area (Å²) >= 11 is 0. The van der Waals surface area contributed by atoms with Crippen LogP contribution in [-0.2, 0) is 13.0 Å². The van der Waals surface area contributed by atoms with Crippen molar-refractivity contribution in [3.8, 4) is 0 Å². The Hall–Kier alpha value is -4.39. The van der Waals surface area contributed by atoms with E-state index in [-0.39, 0.29) is 11.7 Å². The number of hydrogen-bond acceptors (Lipinski definition) is 5. The minimum Gasteiger partial charge on any atom is -0.383 e. The third-order valence-electron chi connectivity index (χ3n) is 5.87. The van der Waals surface area contributed by atoms with Gasteiger partial charge in [-0.25, -0.2) is 9.37 Å². The van der Waals surface area contributed by atoms with E-state index in [1.54, 1.807) is 24.5 Å². The number of amides is 1. The number of rotatable bonds is 5. The standard InChI is InChI=1S/C27H22FN5O/c1-16-8-24-18(4-7-31-26(24)29)11-21(16)14-33-27(34)19-5-6-30-23(13-19)10-17-2-3-25-20(9-17)12-22(28)15-32-25/h2-9,11-13,15H,10,14H2,1H3,(H2,29,31)(H,33,34). The molecular formula is C27H22FN5O. The van der Waals surface area contributed by atoms with E-state index in [4.69, 9.17) is 5.73 Å². The molecule has 0 bridgehead atoms. The lowest BCUT2D eigenvalue weighted by Gasteiger charge is -2.11. The van der Waals surface area contributed by atoms with Crippen molar-refractivity contribution in [1.29, 1.82) is 0 Å². The summed E-state index contributed by atoms with van der Waals surface area (Å²) in [7, 11) is 0. The van der Waals surface area contributed by atoms with E-state index in [2.05, 4.69) is 20.3 Å². The number of nitrogens with two attached hydrogens (primary N) is 1. The van der Waals surface area contributed by atoms with E-state index in [9.17, 15) is 9.18 Å². The van der Waals surface area contributed by atoms with Crippen molar-refractivity contribution in [2.24, 2.45) is 0 Å². The number of anilines is 1. The third-order valence-corrected chi connectivity index (χ3v) is 5.87. The molecule has 3 aromatic heterocycles. The van der Waals surface area contributed by atoms with Gasteiger partial charge in [0.1, 0.15) is 11.6 Å². The fourth-order valence-electron chi connectivity index (χ4n) is 4.06. The number of nitrogens with zero attached hydrogens (tertiary/aromatic N) is 3. The number of nitrogen functional groups attached to an aromatic ring is 1. The molecule has 0 saturated carbocycles. The lowest BCUT2D eigenvalue weighted by Crippen LogP contribution is -2.23. The summed E-state index contributed by atoms with van der Waals surface area (Å²) in [5.74, 6) is -0.0567. The molecule has 5 rings (SSSR count). The molecule has 6 nitrogen and oxygen atoms in total. The Labute approximate surface area is 195 Å².